The molecule has 2 rings (SSSR count). The molecular weight excluding hydrogens is 374 g/mol. The highest BCUT2D eigenvalue weighted by molar-refractivity contribution is 5.32. The maximum absolute atomic E-state index is 3.73. The van der Waals surface area contributed by atoms with Crippen molar-refractivity contribution in [1.82, 2.24) is 5.32 Å². The zero-order chi connectivity index (χ0) is 21.8. The second-order valence-electron chi connectivity index (χ2n) is 9.17. The molecule has 2 aromatic carbocycles. The Balaban J connectivity index is 1.46. The second-order valence-corrected chi connectivity index (χ2v) is 9.17. The minimum Gasteiger partial charge on any atom is -0.316 e. The fourth-order valence-electron chi connectivity index (χ4n) is 4.49. The van der Waals surface area contributed by atoms with Crippen molar-refractivity contribution in [1.29, 1.82) is 0 Å². The molecular formula is C30H47N. The molecule has 0 spiro atoms. The molecule has 0 aromatic heterocycles. The third-order valence-electron chi connectivity index (χ3n) is 6.46. The lowest BCUT2D eigenvalue weighted by atomic mass is 9.91. The minimum absolute atomic E-state index is 0.439. The summed E-state index contributed by atoms with van der Waals surface area (Å²) in [4.78, 5) is 0. The Bertz CT molecular complexity index is 582. The first-order chi connectivity index (χ1) is 15.4. The zero-order valence-corrected chi connectivity index (χ0v) is 20.2. The quantitative estimate of drug-likeness (QED) is 0.223. The van der Waals surface area contributed by atoms with Gasteiger partial charge in [-0.15, -0.1) is 0 Å². The van der Waals surface area contributed by atoms with Crippen molar-refractivity contribution in [2.75, 3.05) is 13.1 Å². The minimum atomic E-state index is 0.439. The molecule has 1 heteroatoms. The largest absolute Gasteiger partial charge is 0.316 e. The fourth-order valence-corrected chi connectivity index (χ4v) is 4.49. The van der Waals surface area contributed by atoms with Gasteiger partial charge in [0, 0.05) is 12.5 Å². The van der Waals surface area contributed by atoms with E-state index in [-0.39, 0.29) is 0 Å². The highest BCUT2D eigenvalue weighted by atomic mass is 14.9. The summed E-state index contributed by atoms with van der Waals surface area (Å²) in [5.74, 6) is 0.439. The van der Waals surface area contributed by atoms with Crippen molar-refractivity contribution >= 4 is 0 Å². The molecule has 0 aliphatic rings. The topological polar surface area (TPSA) is 12.0 Å². The Morgan fingerprint density at radius 3 is 1.32 bits per heavy atom. The van der Waals surface area contributed by atoms with Crippen LogP contribution in [0.25, 0.3) is 0 Å². The van der Waals surface area contributed by atoms with Gasteiger partial charge in [-0.25, -0.2) is 0 Å². The summed E-state index contributed by atoms with van der Waals surface area (Å²) < 4.78 is 0. The van der Waals surface area contributed by atoms with Crippen molar-refractivity contribution in [2.45, 2.75) is 103 Å². The Morgan fingerprint density at radius 2 is 0.903 bits per heavy atom. The Hall–Kier alpha value is -1.60. The summed E-state index contributed by atoms with van der Waals surface area (Å²) in [7, 11) is 0. The number of rotatable bonds is 19. The van der Waals surface area contributed by atoms with E-state index in [4.69, 9.17) is 0 Å². The molecule has 2 aromatic rings. The Morgan fingerprint density at radius 1 is 0.516 bits per heavy atom. The van der Waals surface area contributed by atoms with E-state index in [9.17, 15) is 0 Å². The predicted molar refractivity (Wildman–Crippen MR) is 138 cm³/mol. The molecule has 0 saturated heterocycles. The van der Waals surface area contributed by atoms with E-state index in [0.29, 0.717) is 5.92 Å². The van der Waals surface area contributed by atoms with Crippen LogP contribution in [0, 0.1) is 0 Å². The molecule has 1 N–H and O–H groups in total. The van der Waals surface area contributed by atoms with Crippen LogP contribution in [0.2, 0.25) is 0 Å². The van der Waals surface area contributed by atoms with Gasteiger partial charge in [0.05, 0.1) is 0 Å². The van der Waals surface area contributed by atoms with Crippen molar-refractivity contribution in [3.63, 3.8) is 0 Å². The van der Waals surface area contributed by atoms with Crippen molar-refractivity contribution < 1.29 is 0 Å². The summed E-state index contributed by atoms with van der Waals surface area (Å²) in [6.07, 6.45) is 19.9. The van der Waals surface area contributed by atoms with E-state index in [0.717, 1.165) is 13.1 Å². The number of benzene rings is 2. The van der Waals surface area contributed by atoms with E-state index in [2.05, 4.69) is 72.9 Å². The molecule has 172 valence electrons. The Kier molecular flexibility index (Phi) is 14.9. The maximum atomic E-state index is 3.73. The van der Waals surface area contributed by atoms with E-state index in [1.54, 1.807) is 0 Å². The summed E-state index contributed by atoms with van der Waals surface area (Å²) in [6, 6.07) is 21.8. The van der Waals surface area contributed by atoms with Crippen molar-refractivity contribution in [3.05, 3.63) is 71.8 Å². The van der Waals surface area contributed by atoms with Gasteiger partial charge in [0.1, 0.15) is 0 Å². The lowest BCUT2D eigenvalue weighted by molar-refractivity contribution is 0.527. The van der Waals surface area contributed by atoms with Gasteiger partial charge in [-0.05, 0) is 24.1 Å². The van der Waals surface area contributed by atoms with Gasteiger partial charge in [-0.3, -0.25) is 0 Å². The highest BCUT2D eigenvalue weighted by Crippen LogP contribution is 2.23. The molecule has 0 heterocycles. The van der Waals surface area contributed by atoms with E-state index < -0.39 is 0 Å². The Labute approximate surface area is 193 Å². The predicted octanol–water partition coefficient (Wildman–Crippen LogP) is 8.89. The molecule has 0 fully saturated rings. The van der Waals surface area contributed by atoms with Crippen LogP contribution >= 0.6 is 0 Å². The van der Waals surface area contributed by atoms with Gasteiger partial charge >= 0.3 is 0 Å². The molecule has 0 radical (unpaired) electrons. The monoisotopic (exact) mass is 421 g/mol. The van der Waals surface area contributed by atoms with Crippen LogP contribution in [0.1, 0.15) is 114 Å². The first-order valence-electron chi connectivity index (χ1n) is 13.2. The summed E-state index contributed by atoms with van der Waals surface area (Å²) in [5.41, 5.74) is 2.81. The fraction of sp³-hybridized carbons (Fsp3) is 0.600. The van der Waals surface area contributed by atoms with Gasteiger partial charge in [0.2, 0.25) is 0 Å². The maximum Gasteiger partial charge on any atom is 0.0214 e. The van der Waals surface area contributed by atoms with Crippen LogP contribution in [0.15, 0.2) is 60.7 Å². The van der Waals surface area contributed by atoms with Gasteiger partial charge in [-0.2, -0.15) is 0 Å². The number of hydrogen-bond acceptors (Lipinski definition) is 1. The van der Waals surface area contributed by atoms with Crippen molar-refractivity contribution in [2.24, 2.45) is 0 Å². The van der Waals surface area contributed by atoms with E-state index in [1.165, 1.54) is 101 Å². The zero-order valence-electron chi connectivity index (χ0n) is 20.2. The molecule has 0 atom stereocenters. The molecule has 0 aliphatic heterocycles. The first kappa shape index (κ1) is 25.7. The average Bonchev–Trinajstić information content (AvgIpc) is 2.82. The number of hydrogen-bond donors (Lipinski definition) is 1. The van der Waals surface area contributed by atoms with Gasteiger partial charge < -0.3 is 5.32 Å². The molecule has 0 amide bonds. The summed E-state index contributed by atoms with van der Waals surface area (Å²) in [5, 5.41) is 3.73. The van der Waals surface area contributed by atoms with Gasteiger partial charge in [0.15, 0.2) is 0 Å². The van der Waals surface area contributed by atoms with Crippen LogP contribution in [-0.2, 0) is 0 Å². The normalized spacial score (nSPS) is 11.3. The number of nitrogens with one attached hydrogen (secondary N) is 1. The van der Waals surface area contributed by atoms with E-state index in [1.807, 2.05) is 0 Å². The SMILES string of the molecule is CCCCCCCCCCCCCCCCNCC(c1ccccc1)c1ccccc1. The van der Waals surface area contributed by atoms with Gasteiger partial charge in [-0.1, -0.05) is 151 Å². The van der Waals surface area contributed by atoms with Crippen LogP contribution in [0.5, 0.6) is 0 Å². The van der Waals surface area contributed by atoms with E-state index >= 15 is 0 Å². The molecule has 0 bridgehead atoms. The highest BCUT2D eigenvalue weighted by Gasteiger charge is 2.12. The molecule has 0 aliphatic carbocycles. The number of unbranched alkanes of at least 4 members (excludes halogenated alkanes) is 13. The average molecular weight is 422 g/mol. The van der Waals surface area contributed by atoms with Crippen LogP contribution in [0.4, 0.5) is 0 Å². The third-order valence-corrected chi connectivity index (χ3v) is 6.46. The van der Waals surface area contributed by atoms with Crippen LogP contribution < -0.4 is 5.32 Å². The lowest BCUT2D eigenvalue weighted by Crippen LogP contribution is -2.23. The summed E-state index contributed by atoms with van der Waals surface area (Å²) >= 11 is 0. The lowest BCUT2D eigenvalue weighted by Gasteiger charge is -2.19. The molecule has 0 unspecified atom stereocenters. The molecule has 31 heavy (non-hydrogen) atoms. The van der Waals surface area contributed by atoms with Crippen LogP contribution in [-0.4, -0.2) is 13.1 Å². The molecule has 0 saturated carbocycles. The van der Waals surface area contributed by atoms with Crippen LogP contribution in [0.3, 0.4) is 0 Å². The standard InChI is InChI=1S/C30H47N/c1-2-3-4-5-6-7-8-9-10-11-12-13-14-21-26-31-27-30(28-22-17-15-18-23-28)29-24-19-16-20-25-29/h15-20,22-25,30-31H,2-14,21,26-27H2,1H3. The first-order valence-corrected chi connectivity index (χ1v) is 13.2. The van der Waals surface area contributed by atoms with Gasteiger partial charge in [0.25, 0.3) is 0 Å². The molecule has 1 nitrogen and oxygen atoms in total. The van der Waals surface area contributed by atoms with Crippen molar-refractivity contribution in [3.8, 4) is 0 Å². The second kappa shape index (κ2) is 18.0. The third kappa shape index (κ3) is 12.1. The summed E-state index contributed by atoms with van der Waals surface area (Å²) in [6.45, 7) is 4.45. The smallest absolute Gasteiger partial charge is 0.0214 e.